The summed E-state index contributed by atoms with van der Waals surface area (Å²) in [5.41, 5.74) is 0.992. The van der Waals surface area contributed by atoms with Gasteiger partial charge < -0.3 is 5.32 Å². The molecule has 1 atom stereocenters. The van der Waals surface area contributed by atoms with Crippen molar-refractivity contribution in [3.8, 4) is 0 Å². The first-order valence-electron chi connectivity index (χ1n) is 7.63. The van der Waals surface area contributed by atoms with Gasteiger partial charge in [0.15, 0.2) is 0 Å². The van der Waals surface area contributed by atoms with Crippen molar-refractivity contribution in [3.05, 3.63) is 29.8 Å². The number of pyridine rings is 1. The van der Waals surface area contributed by atoms with Gasteiger partial charge in [0.1, 0.15) is 5.82 Å². The Morgan fingerprint density at radius 3 is 2.84 bits per heavy atom. The third-order valence-electron chi connectivity index (χ3n) is 4.11. The Hall–Kier alpha value is -0.960. The zero-order chi connectivity index (χ0) is 13.5. The van der Waals surface area contributed by atoms with Crippen LogP contribution in [0.4, 0.5) is 4.39 Å². The van der Waals surface area contributed by atoms with Gasteiger partial charge in [-0.2, -0.15) is 0 Å². The van der Waals surface area contributed by atoms with Crippen LogP contribution in [0.5, 0.6) is 0 Å². The van der Waals surface area contributed by atoms with Crippen molar-refractivity contribution in [2.75, 3.05) is 6.54 Å². The molecule has 0 aromatic carbocycles. The number of halogens is 1. The molecule has 1 aliphatic carbocycles. The van der Waals surface area contributed by atoms with Gasteiger partial charge in [-0.3, -0.25) is 4.98 Å². The average Bonchev–Trinajstić information content (AvgIpc) is 2.92. The van der Waals surface area contributed by atoms with Crippen molar-refractivity contribution in [3.63, 3.8) is 0 Å². The number of hydrogen-bond acceptors (Lipinski definition) is 2. The highest BCUT2D eigenvalue weighted by atomic mass is 19.1. The van der Waals surface area contributed by atoms with Crippen LogP contribution in [-0.4, -0.2) is 11.5 Å². The summed E-state index contributed by atoms with van der Waals surface area (Å²) in [5.74, 6) is 0.647. The Morgan fingerprint density at radius 2 is 2.16 bits per heavy atom. The molecule has 1 N–H and O–H groups in total. The Bertz CT molecular complexity index is 375. The molecule has 0 saturated heterocycles. The van der Waals surface area contributed by atoms with E-state index in [9.17, 15) is 4.39 Å². The quantitative estimate of drug-likeness (QED) is 0.797. The SMILES string of the molecule is CCCNC(CCC1CCCC1)c1cncc(F)c1. The van der Waals surface area contributed by atoms with Gasteiger partial charge in [-0.15, -0.1) is 0 Å². The lowest BCUT2D eigenvalue weighted by atomic mass is 9.95. The summed E-state index contributed by atoms with van der Waals surface area (Å²) in [5, 5.41) is 3.53. The van der Waals surface area contributed by atoms with Crippen molar-refractivity contribution in [1.82, 2.24) is 10.3 Å². The second kappa shape index (κ2) is 7.59. The highest BCUT2D eigenvalue weighted by Crippen LogP contribution is 2.31. The summed E-state index contributed by atoms with van der Waals surface area (Å²) >= 11 is 0. The van der Waals surface area contributed by atoms with Gasteiger partial charge in [0.05, 0.1) is 6.20 Å². The maximum absolute atomic E-state index is 13.3. The second-order valence-electron chi connectivity index (χ2n) is 5.67. The largest absolute Gasteiger partial charge is 0.310 e. The summed E-state index contributed by atoms with van der Waals surface area (Å²) in [6, 6.07) is 1.87. The molecular weight excluding hydrogens is 239 g/mol. The van der Waals surface area contributed by atoms with E-state index < -0.39 is 0 Å². The topological polar surface area (TPSA) is 24.9 Å². The maximum atomic E-state index is 13.3. The van der Waals surface area contributed by atoms with E-state index in [1.54, 1.807) is 12.3 Å². The molecule has 1 aromatic heterocycles. The summed E-state index contributed by atoms with van der Waals surface area (Å²) in [6.07, 6.45) is 12.0. The zero-order valence-electron chi connectivity index (χ0n) is 11.9. The van der Waals surface area contributed by atoms with Gasteiger partial charge in [0.25, 0.3) is 0 Å². The number of nitrogens with one attached hydrogen (secondary N) is 1. The van der Waals surface area contributed by atoms with Crippen LogP contribution in [0.2, 0.25) is 0 Å². The van der Waals surface area contributed by atoms with E-state index in [2.05, 4.69) is 17.2 Å². The standard InChI is InChI=1S/C16H25FN2/c1-2-9-19-16(8-7-13-5-3-4-6-13)14-10-15(17)12-18-11-14/h10-13,16,19H,2-9H2,1H3. The second-order valence-corrected chi connectivity index (χ2v) is 5.67. The highest BCUT2D eigenvalue weighted by Gasteiger charge is 2.18. The van der Waals surface area contributed by atoms with Gasteiger partial charge in [0, 0.05) is 12.2 Å². The molecular formula is C16H25FN2. The molecule has 19 heavy (non-hydrogen) atoms. The van der Waals surface area contributed by atoms with Gasteiger partial charge in [0.2, 0.25) is 0 Å². The predicted octanol–water partition coefficient (Wildman–Crippen LogP) is 4.23. The van der Waals surface area contributed by atoms with Crippen molar-refractivity contribution in [2.24, 2.45) is 5.92 Å². The first-order chi connectivity index (χ1) is 9.29. The fourth-order valence-corrected chi connectivity index (χ4v) is 3.03. The van der Waals surface area contributed by atoms with E-state index in [0.29, 0.717) is 0 Å². The monoisotopic (exact) mass is 264 g/mol. The average molecular weight is 264 g/mol. The first-order valence-corrected chi connectivity index (χ1v) is 7.63. The molecule has 2 rings (SSSR count). The van der Waals surface area contributed by atoms with Crippen LogP contribution in [0.15, 0.2) is 18.5 Å². The molecule has 1 saturated carbocycles. The highest BCUT2D eigenvalue weighted by molar-refractivity contribution is 5.15. The zero-order valence-corrected chi connectivity index (χ0v) is 11.9. The lowest BCUT2D eigenvalue weighted by molar-refractivity contribution is 0.410. The van der Waals surface area contributed by atoms with E-state index in [4.69, 9.17) is 0 Å². The summed E-state index contributed by atoms with van der Waals surface area (Å²) in [7, 11) is 0. The van der Waals surface area contributed by atoms with E-state index in [0.717, 1.165) is 30.9 Å². The molecule has 1 heterocycles. The summed E-state index contributed by atoms with van der Waals surface area (Å²) in [6.45, 7) is 3.14. The van der Waals surface area contributed by atoms with Crippen molar-refractivity contribution in [1.29, 1.82) is 0 Å². The third kappa shape index (κ3) is 4.57. The van der Waals surface area contributed by atoms with E-state index in [1.807, 2.05) is 0 Å². The van der Waals surface area contributed by atoms with Crippen LogP contribution in [-0.2, 0) is 0 Å². The van der Waals surface area contributed by atoms with E-state index >= 15 is 0 Å². The molecule has 0 radical (unpaired) electrons. The molecule has 1 fully saturated rings. The molecule has 2 nitrogen and oxygen atoms in total. The molecule has 106 valence electrons. The van der Waals surface area contributed by atoms with Gasteiger partial charge in [-0.25, -0.2) is 4.39 Å². The van der Waals surface area contributed by atoms with Crippen LogP contribution in [0, 0.1) is 11.7 Å². The smallest absolute Gasteiger partial charge is 0.141 e. The normalized spacial score (nSPS) is 17.8. The Balaban J connectivity index is 1.94. The van der Waals surface area contributed by atoms with Crippen LogP contribution in [0.1, 0.15) is 63.5 Å². The molecule has 1 aliphatic rings. The van der Waals surface area contributed by atoms with Crippen molar-refractivity contribution >= 4 is 0 Å². The Morgan fingerprint density at radius 1 is 1.37 bits per heavy atom. The fraction of sp³-hybridized carbons (Fsp3) is 0.688. The number of aromatic nitrogens is 1. The van der Waals surface area contributed by atoms with Gasteiger partial charge in [-0.1, -0.05) is 32.6 Å². The molecule has 0 amide bonds. The van der Waals surface area contributed by atoms with Crippen LogP contribution >= 0.6 is 0 Å². The van der Waals surface area contributed by atoms with Crippen molar-refractivity contribution in [2.45, 2.75) is 57.9 Å². The minimum Gasteiger partial charge on any atom is -0.310 e. The van der Waals surface area contributed by atoms with E-state index in [1.165, 1.54) is 38.3 Å². The summed E-state index contributed by atoms with van der Waals surface area (Å²) in [4.78, 5) is 3.98. The molecule has 1 unspecified atom stereocenters. The number of rotatable bonds is 7. The van der Waals surface area contributed by atoms with Crippen LogP contribution in [0.3, 0.4) is 0 Å². The third-order valence-corrected chi connectivity index (χ3v) is 4.11. The molecule has 1 aromatic rings. The fourth-order valence-electron chi connectivity index (χ4n) is 3.03. The van der Waals surface area contributed by atoms with Crippen molar-refractivity contribution < 1.29 is 4.39 Å². The molecule has 0 bridgehead atoms. The lowest BCUT2D eigenvalue weighted by Gasteiger charge is -2.20. The minimum atomic E-state index is -0.235. The lowest BCUT2D eigenvalue weighted by Crippen LogP contribution is -2.23. The van der Waals surface area contributed by atoms with Crippen LogP contribution < -0.4 is 5.32 Å². The first kappa shape index (κ1) is 14.4. The summed E-state index contributed by atoms with van der Waals surface area (Å²) < 4.78 is 13.3. The predicted molar refractivity (Wildman–Crippen MR) is 76.4 cm³/mol. The maximum Gasteiger partial charge on any atom is 0.141 e. The number of nitrogens with zero attached hydrogens (tertiary/aromatic N) is 1. The Kier molecular flexibility index (Phi) is 5.77. The van der Waals surface area contributed by atoms with Gasteiger partial charge in [-0.05, 0) is 43.4 Å². The molecule has 0 aliphatic heterocycles. The van der Waals surface area contributed by atoms with Gasteiger partial charge >= 0.3 is 0 Å². The minimum absolute atomic E-state index is 0.235. The van der Waals surface area contributed by atoms with Crippen LogP contribution in [0.25, 0.3) is 0 Å². The molecule has 0 spiro atoms. The Labute approximate surface area is 115 Å². The molecule has 3 heteroatoms. The van der Waals surface area contributed by atoms with E-state index in [-0.39, 0.29) is 11.9 Å². The number of hydrogen-bond donors (Lipinski definition) is 1.